The zero-order valence-corrected chi connectivity index (χ0v) is 19.4. The lowest BCUT2D eigenvalue weighted by molar-refractivity contribution is 0.0691. The van der Waals surface area contributed by atoms with E-state index in [0.717, 1.165) is 52.7 Å². The number of benzene rings is 1. The normalized spacial score (nSPS) is 12.5. The van der Waals surface area contributed by atoms with E-state index in [1.54, 1.807) is 12.4 Å². The van der Waals surface area contributed by atoms with E-state index in [4.69, 9.17) is 0 Å². The molecular weight excluding hydrogens is 456 g/mol. The van der Waals surface area contributed by atoms with Crippen LogP contribution in [0.25, 0.3) is 22.2 Å². The summed E-state index contributed by atoms with van der Waals surface area (Å²) in [5.41, 5.74) is 4.89. The van der Waals surface area contributed by atoms with E-state index in [1.807, 2.05) is 25.2 Å². The van der Waals surface area contributed by atoms with Crippen LogP contribution >= 0.6 is 12.4 Å². The Bertz CT molecular complexity index is 1440. The number of carboxylic acid groups (broad SMARTS) is 1. The Morgan fingerprint density at radius 3 is 2.68 bits per heavy atom. The smallest absolute Gasteiger partial charge is 0.345 e. The predicted molar refractivity (Wildman–Crippen MR) is 132 cm³/mol. The summed E-state index contributed by atoms with van der Waals surface area (Å²) in [5, 5.41) is 24.4. The SMILES string of the molecule is Cl.Cn1c(CNCc2ccncc2)cc2cc3c(cc21)CCCc1c-3[nH]c(=O)c(C(=O)O)c1O. The molecule has 3 aromatic heterocycles. The maximum absolute atomic E-state index is 12.4. The third-order valence-corrected chi connectivity index (χ3v) is 6.40. The minimum Gasteiger partial charge on any atom is -0.506 e. The van der Waals surface area contributed by atoms with Gasteiger partial charge in [-0.1, -0.05) is 0 Å². The molecule has 0 fully saturated rings. The molecule has 4 N–H and O–H groups in total. The van der Waals surface area contributed by atoms with Gasteiger partial charge in [-0.25, -0.2) is 4.79 Å². The van der Waals surface area contributed by atoms with E-state index < -0.39 is 22.8 Å². The van der Waals surface area contributed by atoms with E-state index in [1.165, 1.54) is 0 Å². The number of nitrogens with one attached hydrogen (secondary N) is 2. The molecule has 176 valence electrons. The van der Waals surface area contributed by atoms with E-state index in [-0.39, 0.29) is 12.4 Å². The quantitative estimate of drug-likeness (QED) is 0.347. The number of pyridine rings is 2. The molecule has 0 atom stereocenters. The molecule has 9 heteroatoms. The number of H-pyrrole nitrogens is 1. The fourth-order valence-corrected chi connectivity index (χ4v) is 4.69. The fraction of sp³-hybridized carbons (Fsp3) is 0.240. The van der Waals surface area contributed by atoms with E-state index in [2.05, 4.69) is 32.0 Å². The van der Waals surface area contributed by atoms with Gasteiger partial charge in [0, 0.05) is 60.3 Å². The Labute approximate surface area is 201 Å². The topological polar surface area (TPSA) is 120 Å². The minimum atomic E-state index is -1.43. The monoisotopic (exact) mass is 480 g/mol. The number of hydrogen-bond donors (Lipinski definition) is 4. The van der Waals surface area contributed by atoms with Crippen LogP contribution in [0.5, 0.6) is 5.75 Å². The Balaban J connectivity index is 0.00000274. The number of aryl methyl sites for hydroxylation is 2. The van der Waals surface area contributed by atoms with Gasteiger partial charge in [-0.3, -0.25) is 9.78 Å². The van der Waals surface area contributed by atoms with Gasteiger partial charge >= 0.3 is 5.97 Å². The lowest BCUT2D eigenvalue weighted by Crippen LogP contribution is -2.20. The van der Waals surface area contributed by atoms with Crippen LogP contribution in [0.1, 0.15) is 39.2 Å². The molecule has 34 heavy (non-hydrogen) atoms. The van der Waals surface area contributed by atoms with E-state index >= 15 is 0 Å². The van der Waals surface area contributed by atoms with Gasteiger partial charge in [0.05, 0.1) is 5.69 Å². The largest absolute Gasteiger partial charge is 0.506 e. The third kappa shape index (κ3) is 4.06. The van der Waals surface area contributed by atoms with Crippen LogP contribution in [0, 0.1) is 0 Å². The second kappa shape index (κ2) is 9.32. The van der Waals surface area contributed by atoms with Gasteiger partial charge in [0.25, 0.3) is 5.56 Å². The van der Waals surface area contributed by atoms with Crippen molar-refractivity contribution in [2.24, 2.45) is 7.05 Å². The highest BCUT2D eigenvalue weighted by molar-refractivity contribution is 5.93. The van der Waals surface area contributed by atoms with Crippen molar-refractivity contribution in [3.63, 3.8) is 0 Å². The summed E-state index contributed by atoms with van der Waals surface area (Å²) in [4.78, 5) is 30.7. The van der Waals surface area contributed by atoms with Gasteiger partial charge in [-0.05, 0) is 60.7 Å². The minimum absolute atomic E-state index is 0. The number of halogens is 1. The Hall–Kier alpha value is -3.62. The van der Waals surface area contributed by atoms with Crippen molar-refractivity contribution in [3.05, 3.63) is 81.0 Å². The van der Waals surface area contributed by atoms with Crippen molar-refractivity contribution >= 4 is 29.3 Å². The number of nitrogens with zero attached hydrogens (tertiary/aromatic N) is 2. The molecule has 0 bridgehead atoms. The molecule has 0 spiro atoms. The molecule has 4 aromatic rings. The van der Waals surface area contributed by atoms with Crippen LogP contribution < -0.4 is 10.9 Å². The summed E-state index contributed by atoms with van der Waals surface area (Å²) < 4.78 is 2.16. The first-order valence-corrected chi connectivity index (χ1v) is 10.9. The highest BCUT2D eigenvalue weighted by atomic mass is 35.5. The molecule has 0 radical (unpaired) electrons. The number of aromatic carboxylic acids is 1. The zero-order valence-electron chi connectivity index (χ0n) is 18.6. The first-order chi connectivity index (χ1) is 15.9. The van der Waals surface area contributed by atoms with Crippen molar-refractivity contribution in [1.29, 1.82) is 0 Å². The molecule has 5 rings (SSSR count). The van der Waals surface area contributed by atoms with Crippen molar-refractivity contribution in [3.8, 4) is 17.0 Å². The molecule has 1 aliphatic carbocycles. The second-order valence-corrected chi connectivity index (χ2v) is 8.41. The number of aromatic hydroxyl groups is 1. The molecule has 0 unspecified atom stereocenters. The van der Waals surface area contributed by atoms with Crippen molar-refractivity contribution < 1.29 is 15.0 Å². The number of rotatable bonds is 5. The van der Waals surface area contributed by atoms with Crippen LogP contribution in [0.3, 0.4) is 0 Å². The first-order valence-electron chi connectivity index (χ1n) is 10.9. The van der Waals surface area contributed by atoms with Crippen LogP contribution in [0.2, 0.25) is 0 Å². The van der Waals surface area contributed by atoms with Gasteiger partial charge in [0.1, 0.15) is 5.75 Å². The van der Waals surface area contributed by atoms with Crippen LogP contribution in [-0.4, -0.2) is 30.7 Å². The standard InChI is InChI=1S/C25H24N4O4.ClH/c1-29-17(13-27-12-14-5-7-26-8-6-14)9-16-10-19-15(11-20(16)29)3-2-4-18-22(19)28-24(31)21(23(18)30)25(32)33;/h5-11,27H,2-4,12-13H2,1H3,(H,32,33)(H2,28,30,31);1H. The zero-order chi connectivity index (χ0) is 23.1. The highest BCUT2D eigenvalue weighted by Crippen LogP contribution is 2.38. The Kier molecular flexibility index (Phi) is 6.45. The summed E-state index contributed by atoms with van der Waals surface area (Å²) in [6.07, 6.45) is 5.56. The number of carbonyl (C=O) groups is 1. The summed E-state index contributed by atoms with van der Waals surface area (Å²) >= 11 is 0. The number of fused-ring (bicyclic) bond motifs is 4. The van der Waals surface area contributed by atoms with Crippen molar-refractivity contribution in [2.45, 2.75) is 32.4 Å². The summed E-state index contributed by atoms with van der Waals surface area (Å²) in [7, 11) is 2.04. The predicted octanol–water partition coefficient (Wildman–Crippen LogP) is 3.53. The van der Waals surface area contributed by atoms with E-state index in [9.17, 15) is 19.8 Å². The van der Waals surface area contributed by atoms with Crippen LogP contribution in [0.15, 0.2) is 47.5 Å². The number of hydrogen-bond acceptors (Lipinski definition) is 5. The maximum Gasteiger partial charge on any atom is 0.345 e. The third-order valence-electron chi connectivity index (χ3n) is 6.40. The average Bonchev–Trinajstić information content (AvgIpc) is 2.97. The average molecular weight is 481 g/mol. The number of carboxylic acids is 1. The molecule has 1 aliphatic rings. The van der Waals surface area contributed by atoms with E-state index in [0.29, 0.717) is 24.2 Å². The van der Waals surface area contributed by atoms with Crippen molar-refractivity contribution in [1.82, 2.24) is 19.9 Å². The Morgan fingerprint density at radius 2 is 1.94 bits per heavy atom. The fourth-order valence-electron chi connectivity index (χ4n) is 4.69. The van der Waals surface area contributed by atoms with Gasteiger partial charge in [-0.2, -0.15) is 0 Å². The highest BCUT2D eigenvalue weighted by Gasteiger charge is 2.26. The maximum atomic E-state index is 12.4. The van der Waals surface area contributed by atoms with Gasteiger partial charge < -0.3 is 25.1 Å². The number of aromatic nitrogens is 3. The van der Waals surface area contributed by atoms with Crippen LogP contribution in [-0.2, 0) is 33.0 Å². The Morgan fingerprint density at radius 1 is 1.18 bits per heavy atom. The summed E-state index contributed by atoms with van der Waals surface area (Å²) in [5.74, 6) is -1.85. The van der Waals surface area contributed by atoms with Gasteiger partial charge in [-0.15, -0.1) is 12.4 Å². The molecule has 8 nitrogen and oxygen atoms in total. The summed E-state index contributed by atoms with van der Waals surface area (Å²) in [6.45, 7) is 1.43. The molecule has 3 heterocycles. The van der Waals surface area contributed by atoms with Gasteiger partial charge in [0.15, 0.2) is 5.56 Å². The molecule has 0 aliphatic heterocycles. The lowest BCUT2D eigenvalue weighted by Gasteiger charge is -2.13. The lowest BCUT2D eigenvalue weighted by atomic mass is 9.98. The van der Waals surface area contributed by atoms with Crippen molar-refractivity contribution in [2.75, 3.05) is 0 Å². The molecule has 1 aromatic carbocycles. The molecular formula is C25H25ClN4O4. The molecule has 0 saturated carbocycles. The number of aromatic amines is 1. The second-order valence-electron chi connectivity index (χ2n) is 8.41. The van der Waals surface area contributed by atoms with Crippen LogP contribution in [0.4, 0.5) is 0 Å². The van der Waals surface area contributed by atoms with Gasteiger partial charge in [0.2, 0.25) is 0 Å². The first kappa shape index (κ1) is 23.5. The summed E-state index contributed by atoms with van der Waals surface area (Å²) in [6, 6.07) is 10.2. The molecule has 0 saturated heterocycles. The molecule has 0 amide bonds.